The van der Waals surface area contributed by atoms with Gasteiger partial charge >= 0.3 is 0 Å². The molecule has 0 aliphatic rings. The second-order valence-electron chi connectivity index (χ2n) is 3.45. The normalized spacial score (nSPS) is 12.1. The fourth-order valence-electron chi connectivity index (χ4n) is 1.49. The van der Waals surface area contributed by atoms with Crippen LogP contribution in [0.2, 0.25) is 0 Å². The zero-order chi connectivity index (χ0) is 10.2. The lowest BCUT2D eigenvalue weighted by Crippen LogP contribution is -2.00. The Balaban J connectivity index is 2.46. The molecule has 0 amide bonds. The second kappa shape index (κ2) is 3.13. The first-order valence-electron chi connectivity index (χ1n) is 4.29. The SMILES string of the molecule is CS(=O)(=O)Cc1cc2ccccc2[nH]1. The van der Waals surface area contributed by atoms with E-state index in [1.165, 1.54) is 6.26 Å². The average Bonchev–Trinajstić information content (AvgIpc) is 2.42. The highest BCUT2D eigenvalue weighted by molar-refractivity contribution is 7.89. The Labute approximate surface area is 82.7 Å². The molecule has 1 aromatic carbocycles. The first-order chi connectivity index (χ1) is 6.54. The quantitative estimate of drug-likeness (QED) is 0.818. The number of aromatic nitrogens is 1. The highest BCUT2D eigenvalue weighted by Gasteiger charge is 2.06. The Kier molecular flexibility index (Phi) is 2.07. The summed E-state index contributed by atoms with van der Waals surface area (Å²) in [6.45, 7) is 0. The average molecular weight is 209 g/mol. The van der Waals surface area contributed by atoms with Crippen LogP contribution in [0, 0.1) is 0 Å². The molecule has 0 radical (unpaired) electrons. The van der Waals surface area contributed by atoms with Gasteiger partial charge in [0, 0.05) is 17.5 Å². The molecule has 1 heterocycles. The zero-order valence-electron chi connectivity index (χ0n) is 7.82. The number of hydrogen-bond acceptors (Lipinski definition) is 2. The maximum absolute atomic E-state index is 11.1. The molecule has 3 nitrogen and oxygen atoms in total. The molecule has 2 rings (SSSR count). The molecule has 74 valence electrons. The molecule has 0 atom stereocenters. The molecule has 0 saturated heterocycles. The largest absolute Gasteiger partial charge is 0.358 e. The molecular formula is C10H11NO2S. The number of aromatic amines is 1. The highest BCUT2D eigenvalue weighted by Crippen LogP contribution is 2.15. The zero-order valence-corrected chi connectivity index (χ0v) is 8.64. The summed E-state index contributed by atoms with van der Waals surface area (Å²) in [5, 5.41) is 1.05. The van der Waals surface area contributed by atoms with Crippen LogP contribution in [0.4, 0.5) is 0 Å². The summed E-state index contributed by atoms with van der Waals surface area (Å²) in [4.78, 5) is 3.07. The third-order valence-electron chi connectivity index (χ3n) is 2.00. The van der Waals surface area contributed by atoms with E-state index in [4.69, 9.17) is 0 Å². The summed E-state index contributed by atoms with van der Waals surface area (Å²) in [5.74, 6) is 0.0711. The van der Waals surface area contributed by atoms with Crippen LogP contribution in [0.5, 0.6) is 0 Å². The van der Waals surface area contributed by atoms with Gasteiger partial charge in [0.05, 0.1) is 5.75 Å². The van der Waals surface area contributed by atoms with Crippen molar-refractivity contribution < 1.29 is 8.42 Å². The minimum atomic E-state index is -2.96. The van der Waals surface area contributed by atoms with Crippen LogP contribution in [0.25, 0.3) is 10.9 Å². The van der Waals surface area contributed by atoms with Crippen molar-refractivity contribution in [1.29, 1.82) is 0 Å². The predicted molar refractivity (Wildman–Crippen MR) is 56.8 cm³/mol. The van der Waals surface area contributed by atoms with Crippen molar-refractivity contribution in [3.05, 3.63) is 36.0 Å². The molecule has 0 aliphatic heterocycles. The van der Waals surface area contributed by atoms with Crippen LogP contribution >= 0.6 is 0 Å². The number of sulfone groups is 1. The third kappa shape index (κ3) is 1.96. The number of para-hydroxylation sites is 1. The van der Waals surface area contributed by atoms with Crippen molar-refractivity contribution in [2.24, 2.45) is 0 Å². The lowest BCUT2D eigenvalue weighted by atomic mass is 10.2. The van der Waals surface area contributed by atoms with E-state index in [-0.39, 0.29) is 5.75 Å². The van der Waals surface area contributed by atoms with Crippen LogP contribution in [0.3, 0.4) is 0 Å². The summed E-state index contributed by atoms with van der Waals surface area (Å²) in [6.07, 6.45) is 1.23. The van der Waals surface area contributed by atoms with Crippen LogP contribution < -0.4 is 0 Å². The van der Waals surface area contributed by atoms with Gasteiger partial charge < -0.3 is 4.98 Å². The van der Waals surface area contributed by atoms with Gasteiger partial charge in [0.2, 0.25) is 0 Å². The van der Waals surface area contributed by atoms with Crippen LogP contribution in [-0.4, -0.2) is 19.7 Å². The van der Waals surface area contributed by atoms with Crippen molar-refractivity contribution in [2.45, 2.75) is 5.75 Å². The van der Waals surface area contributed by atoms with Gasteiger partial charge in [-0.25, -0.2) is 8.42 Å². The van der Waals surface area contributed by atoms with Gasteiger partial charge in [0.15, 0.2) is 9.84 Å². The molecule has 0 saturated carbocycles. The van der Waals surface area contributed by atoms with E-state index < -0.39 is 9.84 Å². The van der Waals surface area contributed by atoms with E-state index in [2.05, 4.69) is 4.98 Å². The molecule has 1 aromatic heterocycles. The van der Waals surface area contributed by atoms with Crippen LogP contribution in [0.15, 0.2) is 30.3 Å². The van der Waals surface area contributed by atoms with Crippen LogP contribution in [0.1, 0.15) is 5.69 Å². The minimum absolute atomic E-state index is 0.0711. The lowest BCUT2D eigenvalue weighted by Gasteiger charge is -1.92. The van der Waals surface area contributed by atoms with E-state index >= 15 is 0 Å². The Bertz CT molecular complexity index is 521. The van der Waals surface area contributed by atoms with Crippen molar-refractivity contribution in [3.63, 3.8) is 0 Å². The Morgan fingerprint density at radius 2 is 2.00 bits per heavy atom. The van der Waals surface area contributed by atoms with E-state index in [1.54, 1.807) is 0 Å². The third-order valence-corrected chi connectivity index (χ3v) is 2.84. The van der Waals surface area contributed by atoms with Gasteiger partial charge in [0.25, 0.3) is 0 Å². The van der Waals surface area contributed by atoms with Gasteiger partial charge in [-0.1, -0.05) is 18.2 Å². The number of benzene rings is 1. The fourth-order valence-corrected chi connectivity index (χ4v) is 2.21. The molecule has 14 heavy (non-hydrogen) atoms. The summed E-state index contributed by atoms with van der Waals surface area (Å²) in [6, 6.07) is 9.61. The maximum Gasteiger partial charge on any atom is 0.153 e. The molecule has 0 bridgehead atoms. The fraction of sp³-hybridized carbons (Fsp3) is 0.200. The van der Waals surface area contributed by atoms with Crippen molar-refractivity contribution in [1.82, 2.24) is 4.98 Å². The molecule has 2 aromatic rings. The van der Waals surface area contributed by atoms with E-state index in [0.717, 1.165) is 16.6 Å². The topological polar surface area (TPSA) is 49.9 Å². The standard InChI is InChI=1S/C10H11NO2S/c1-14(12,13)7-9-6-8-4-2-3-5-10(8)11-9/h2-6,11H,7H2,1H3. The van der Waals surface area contributed by atoms with Gasteiger partial charge in [-0.3, -0.25) is 0 Å². The first-order valence-corrected chi connectivity index (χ1v) is 6.35. The monoisotopic (exact) mass is 209 g/mol. The van der Waals surface area contributed by atoms with E-state index in [0.29, 0.717) is 0 Å². The minimum Gasteiger partial charge on any atom is -0.358 e. The second-order valence-corrected chi connectivity index (χ2v) is 5.59. The molecule has 4 heteroatoms. The van der Waals surface area contributed by atoms with Crippen LogP contribution in [-0.2, 0) is 15.6 Å². The summed E-state index contributed by atoms with van der Waals surface area (Å²) < 4.78 is 22.1. The maximum atomic E-state index is 11.1. The molecule has 0 aliphatic carbocycles. The predicted octanol–water partition coefficient (Wildman–Crippen LogP) is 1.71. The van der Waals surface area contributed by atoms with E-state index in [9.17, 15) is 8.42 Å². The molecule has 0 spiro atoms. The summed E-state index contributed by atoms with van der Waals surface area (Å²) in [7, 11) is -2.96. The number of rotatable bonds is 2. The number of H-pyrrole nitrogens is 1. The molecule has 0 fully saturated rings. The molecular weight excluding hydrogens is 198 g/mol. The van der Waals surface area contributed by atoms with Gasteiger partial charge in [0.1, 0.15) is 0 Å². The highest BCUT2D eigenvalue weighted by atomic mass is 32.2. The number of hydrogen-bond donors (Lipinski definition) is 1. The van der Waals surface area contributed by atoms with Gasteiger partial charge in [-0.15, -0.1) is 0 Å². The van der Waals surface area contributed by atoms with Gasteiger partial charge in [-0.2, -0.15) is 0 Å². The van der Waals surface area contributed by atoms with Crippen molar-refractivity contribution >= 4 is 20.7 Å². The number of fused-ring (bicyclic) bond motifs is 1. The lowest BCUT2D eigenvalue weighted by molar-refractivity contribution is 0.600. The first kappa shape index (κ1) is 9.27. The van der Waals surface area contributed by atoms with E-state index in [1.807, 2.05) is 30.3 Å². The number of nitrogens with one attached hydrogen (secondary N) is 1. The summed E-state index contributed by atoms with van der Waals surface area (Å²) in [5.41, 5.74) is 1.72. The smallest absolute Gasteiger partial charge is 0.153 e. The Morgan fingerprint density at radius 1 is 1.29 bits per heavy atom. The molecule has 1 N–H and O–H groups in total. The Morgan fingerprint density at radius 3 is 2.64 bits per heavy atom. The van der Waals surface area contributed by atoms with Crippen molar-refractivity contribution in [3.8, 4) is 0 Å². The van der Waals surface area contributed by atoms with Crippen molar-refractivity contribution in [2.75, 3.05) is 6.26 Å². The summed E-state index contributed by atoms with van der Waals surface area (Å²) >= 11 is 0. The Hall–Kier alpha value is -1.29. The van der Waals surface area contributed by atoms with Gasteiger partial charge in [-0.05, 0) is 17.5 Å². The molecule has 0 unspecified atom stereocenters.